The minimum absolute atomic E-state index is 0.724. The number of allylic oxidation sites excluding steroid dienone is 5. The van der Waals surface area contributed by atoms with Crippen molar-refractivity contribution >= 4 is 38.6 Å². The minimum atomic E-state index is 0.724. The van der Waals surface area contributed by atoms with Crippen molar-refractivity contribution in [3.05, 3.63) is 169 Å². The Morgan fingerprint density at radius 2 is 1.36 bits per heavy atom. The van der Waals surface area contributed by atoms with E-state index in [2.05, 4.69) is 167 Å². The van der Waals surface area contributed by atoms with Crippen LogP contribution in [0.5, 0.6) is 0 Å². The number of nitrogens with zero attached hydrogens (tertiary/aromatic N) is 1. The van der Waals surface area contributed by atoms with Gasteiger partial charge < -0.3 is 15.2 Å². The third-order valence-corrected chi connectivity index (χ3v) is 8.78. The van der Waals surface area contributed by atoms with E-state index in [-0.39, 0.29) is 0 Å². The van der Waals surface area contributed by atoms with Crippen LogP contribution >= 0.6 is 0 Å². The van der Waals surface area contributed by atoms with Crippen LogP contribution < -0.4 is 10.6 Å². The van der Waals surface area contributed by atoms with Crippen molar-refractivity contribution in [3.8, 4) is 16.8 Å². The molecule has 0 atom stereocenters. The van der Waals surface area contributed by atoms with Gasteiger partial charge in [-0.05, 0) is 89.2 Å². The van der Waals surface area contributed by atoms with Gasteiger partial charge in [0.25, 0.3) is 0 Å². The molecule has 2 heterocycles. The van der Waals surface area contributed by atoms with Crippen LogP contribution in [0.1, 0.15) is 24.0 Å². The van der Waals surface area contributed by atoms with Crippen LogP contribution in [0.4, 0.5) is 5.69 Å². The summed E-state index contributed by atoms with van der Waals surface area (Å²) in [4.78, 5) is 0. The summed E-state index contributed by atoms with van der Waals surface area (Å²) in [5.74, 6) is 0. The fraction of sp³-hybridized carbons (Fsp3) is 0.0732. The van der Waals surface area contributed by atoms with Crippen LogP contribution in [0.15, 0.2) is 158 Å². The number of hydrogen-bond donors (Lipinski definition) is 2. The lowest BCUT2D eigenvalue weighted by molar-refractivity contribution is 0.903. The van der Waals surface area contributed by atoms with E-state index in [9.17, 15) is 0 Å². The first-order valence-electron chi connectivity index (χ1n) is 15.4. The Morgan fingerprint density at radius 3 is 2.27 bits per heavy atom. The molecule has 0 saturated heterocycles. The van der Waals surface area contributed by atoms with Gasteiger partial charge in [0.2, 0.25) is 0 Å². The Labute approximate surface area is 258 Å². The lowest BCUT2D eigenvalue weighted by Gasteiger charge is -2.21. The molecule has 2 aliphatic rings. The Balaban J connectivity index is 1.27. The molecule has 3 nitrogen and oxygen atoms in total. The van der Waals surface area contributed by atoms with Crippen LogP contribution in [0.25, 0.3) is 49.8 Å². The number of para-hydroxylation sites is 3. The molecule has 0 fully saturated rings. The summed E-state index contributed by atoms with van der Waals surface area (Å²) in [7, 11) is 0. The van der Waals surface area contributed by atoms with Gasteiger partial charge in [-0.1, -0.05) is 97.1 Å². The Morgan fingerprint density at radius 1 is 0.614 bits per heavy atom. The van der Waals surface area contributed by atoms with Crippen LogP contribution in [0, 0.1) is 0 Å². The molecule has 212 valence electrons. The maximum Gasteiger partial charge on any atom is 0.0541 e. The molecule has 0 amide bonds. The highest BCUT2D eigenvalue weighted by Crippen LogP contribution is 2.38. The number of nitrogens with one attached hydrogen (secondary N) is 2. The molecule has 44 heavy (non-hydrogen) atoms. The number of fused-ring (bicyclic) bond motifs is 7. The zero-order chi connectivity index (χ0) is 29.3. The van der Waals surface area contributed by atoms with Crippen LogP contribution in [0.2, 0.25) is 0 Å². The van der Waals surface area contributed by atoms with Gasteiger partial charge in [0.05, 0.1) is 11.0 Å². The maximum atomic E-state index is 3.77. The van der Waals surface area contributed by atoms with Crippen molar-refractivity contribution in [2.45, 2.75) is 12.8 Å². The SMILES string of the molecule is C1=CC2=C(CC1)c1ccccc1-c1ccccc1N/C=C/C(c1ccc3c(c1)c1ccccc1n3-c1ccccc1)=C\CN2. The number of aromatic nitrogens is 1. The average molecular weight is 568 g/mol. The van der Waals surface area contributed by atoms with Crippen molar-refractivity contribution in [3.63, 3.8) is 0 Å². The number of rotatable bonds is 2. The standard InChI is InChI=1S/C41H33N3/c1-2-12-31(13-3-1)44-40-21-11-8-18-36(40)37-28-30(22-23-41(37)44)29-24-26-42-38-19-9-6-16-34(38)32-14-4-5-15-33(32)35-17-7-10-20-39(35)43-27-25-29/h1-6,8-16,18-26,28,42-43H,7,17,27H2/b26-24+,29-25+. The molecular formula is C41H33N3. The molecule has 8 rings (SSSR count). The van der Waals surface area contributed by atoms with Gasteiger partial charge in [0.1, 0.15) is 0 Å². The lowest BCUT2D eigenvalue weighted by Crippen LogP contribution is -2.15. The van der Waals surface area contributed by atoms with Gasteiger partial charge in [0.15, 0.2) is 0 Å². The lowest BCUT2D eigenvalue weighted by atomic mass is 9.88. The molecule has 5 aromatic carbocycles. The first-order valence-corrected chi connectivity index (χ1v) is 15.4. The van der Waals surface area contributed by atoms with Gasteiger partial charge >= 0.3 is 0 Å². The smallest absolute Gasteiger partial charge is 0.0541 e. The van der Waals surface area contributed by atoms with E-state index in [0.717, 1.165) is 25.1 Å². The third-order valence-electron chi connectivity index (χ3n) is 8.78. The first kappa shape index (κ1) is 26.1. The number of benzene rings is 5. The summed E-state index contributed by atoms with van der Waals surface area (Å²) in [6.45, 7) is 0.724. The largest absolute Gasteiger partial charge is 0.381 e. The first-order chi connectivity index (χ1) is 21.8. The monoisotopic (exact) mass is 567 g/mol. The van der Waals surface area contributed by atoms with Crippen LogP contribution in [-0.4, -0.2) is 11.1 Å². The van der Waals surface area contributed by atoms with Crippen LogP contribution in [0.3, 0.4) is 0 Å². The van der Waals surface area contributed by atoms with Gasteiger partial charge in [-0.25, -0.2) is 0 Å². The predicted molar refractivity (Wildman–Crippen MR) is 187 cm³/mol. The molecule has 1 aromatic heterocycles. The fourth-order valence-electron chi connectivity index (χ4n) is 6.72. The van der Waals surface area contributed by atoms with Crippen molar-refractivity contribution in [2.75, 3.05) is 11.9 Å². The molecule has 0 bridgehead atoms. The summed E-state index contributed by atoms with van der Waals surface area (Å²) >= 11 is 0. The summed E-state index contributed by atoms with van der Waals surface area (Å²) in [6, 6.07) is 43.6. The highest BCUT2D eigenvalue weighted by atomic mass is 15.0. The molecule has 1 aliphatic carbocycles. The summed E-state index contributed by atoms with van der Waals surface area (Å²) in [5, 5.41) is 9.91. The van der Waals surface area contributed by atoms with E-state index in [0.29, 0.717) is 0 Å². The zero-order valence-corrected chi connectivity index (χ0v) is 24.5. The zero-order valence-electron chi connectivity index (χ0n) is 24.5. The average Bonchev–Trinajstić information content (AvgIpc) is 3.42. The van der Waals surface area contributed by atoms with Gasteiger partial charge in [-0.15, -0.1) is 0 Å². The van der Waals surface area contributed by atoms with E-state index >= 15 is 0 Å². The van der Waals surface area contributed by atoms with Crippen molar-refractivity contribution in [1.29, 1.82) is 0 Å². The summed E-state index contributed by atoms with van der Waals surface area (Å²) in [5.41, 5.74) is 13.4. The molecule has 0 saturated carbocycles. The van der Waals surface area contributed by atoms with Gasteiger partial charge in [-0.3, -0.25) is 0 Å². The van der Waals surface area contributed by atoms with E-state index in [1.165, 1.54) is 66.6 Å². The molecule has 0 spiro atoms. The van der Waals surface area contributed by atoms with Gasteiger partial charge in [0, 0.05) is 46.2 Å². The molecular weight excluding hydrogens is 534 g/mol. The topological polar surface area (TPSA) is 29.0 Å². The number of anilines is 1. The second-order valence-electron chi connectivity index (χ2n) is 11.4. The van der Waals surface area contributed by atoms with Crippen molar-refractivity contribution in [1.82, 2.24) is 9.88 Å². The molecule has 3 heteroatoms. The van der Waals surface area contributed by atoms with E-state index in [1.54, 1.807) is 0 Å². The van der Waals surface area contributed by atoms with E-state index in [1.807, 2.05) is 0 Å². The predicted octanol–water partition coefficient (Wildman–Crippen LogP) is 10.1. The molecule has 6 aromatic rings. The van der Waals surface area contributed by atoms with Crippen molar-refractivity contribution < 1.29 is 0 Å². The van der Waals surface area contributed by atoms with E-state index < -0.39 is 0 Å². The molecule has 1 aliphatic heterocycles. The Bertz CT molecular complexity index is 2140. The highest BCUT2D eigenvalue weighted by molar-refractivity contribution is 6.10. The third kappa shape index (κ3) is 4.63. The van der Waals surface area contributed by atoms with E-state index in [4.69, 9.17) is 0 Å². The van der Waals surface area contributed by atoms with Crippen LogP contribution in [-0.2, 0) is 0 Å². The second kappa shape index (κ2) is 11.3. The number of hydrogen-bond acceptors (Lipinski definition) is 2. The molecule has 2 N–H and O–H groups in total. The van der Waals surface area contributed by atoms with Crippen molar-refractivity contribution in [2.24, 2.45) is 0 Å². The quantitative estimate of drug-likeness (QED) is 0.218. The Kier molecular flexibility index (Phi) is 6.69. The second-order valence-corrected chi connectivity index (χ2v) is 11.4. The summed E-state index contributed by atoms with van der Waals surface area (Å²) in [6.07, 6.45) is 13.2. The fourth-order valence-corrected chi connectivity index (χ4v) is 6.72. The highest BCUT2D eigenvalue weighted by Gasteiger charge is 2.17. The summed E-state index contributed by atoms with van der Waals surface area (Å²) < 4.78 is 2.37. The molecule has 0 unspecified atom stereocenters. The molecule has 0 radical (unpaired) electrons. The minimum Gasteiger partial charge on any atom is -0.381 e. The van der Waals surface area contributed by atoms with Gasteiger partial charge in [-0.2, -0.15) is 0 Å². The Hall–Kier alpha value is -5.54. The maximum absolute atomic E-state index is 3.77. The normalized spacial score (nSPS) is 16.7.